The summed E-state index contributed by atoms with van der Waals surface area (Å²) in [5.74, 6) is -3.20. The lowest BCUT2D eigenvalue weighted by molar-refractivity contribution is 0.0691. The molecule has 3 N–H and O–H groups in total. The Hall–Kier alpha value is -3.29. The maximum absolute atomic E-state index is 12.2. The van der Waals surface area contributed by atoms with Crippen LogP contribution in [0.15, 0.2) is 30.5 Å². The maximum Gasteiger partial charge on any atom is 0.336 e. The number of rotatable bonds is 4. The summed E-state index contributed by atoms with van der Waals surface area (Å²) in [7, 11) is 0. The molecule has 0 aliphatic rings. The van der Waals surface area contributed by atoms with Crippen LogP contribution >= 0.6 is 0 Å². The molecule has 0 saturated carbocycles. The number of carbonyl (C=O) groups is 3. The minimum atomic E-state index is -1.38. The van der Waals surface area contributed by atoms with Gasteiger partial charge in [-0.05, 0) is 36.8 Å². The van der Waals surface area contributed by atoms with Gasteiger partial charge in [-0.25, -0.2) is 9.59 Å². The molecule has 0 aliphatic carbocycles. The van der Waals surface area contributed by atoms with Crippen LogP contribution in [-0.4, -0.2) is 38.3 Å². The summed E-state index contributed by atoms with van der Waals surface area (Å²) >= 11 is 0. The van der Waals surface area contributed by atoms with Crippen molar-refractivity contribution in [2.45, 2.75) is 6.92 Å². The van der Waals surface area contributed by atoms with E-state index in [4.69, 9.17) is 5.11 Å². The number of aromatic nitrogens is 2. The van der Waals surface area contributed by atoms with Crippen molar-refractivity contribution in [3.8, 4) is 0 Å². The molecule has 0 aliphatic heterocycles. The van der Waals surface area contributed by atoms with Crippen LogP contribution in [0.5, 0.6) is 0 Å². The highest BCUT2D eigenvalue weighted by Gasteiger charge is 2.23. The molecule has 0 saturated heterocycles. The maximum atomic E-state index is 12.2. The lowest BCUT2D eigenvalue weighted by atomic mass is 9.96. The third-order valence-corrected chi connectivity index (χ3v) is 2.97. The molecule has 1 aromatic carbocycles. The van der Waals surface area contributed by atoms with Gasteiger partial charge in [-0.3, -0.25) is 4.79 Å². The number of carboxylic acid groups (broad SMARTS) is 2. The van der Waals surface area contributed by atoms with E-state index in [-0.39, 0.29) is 28.1 Å². The Bertz CT molecular complexity index is 759. The number of nitrogens with one attached hydrogen (secondary N) is 1. The highest BCUT2D eigenvalue weighted by Crippen LogP contribution is 2.20. The Balaban J connectivity index is 2.46. The van der Waals surface area contributed by atoms with Crippen LogP contribution in [0.1, 0.15) is 36.6 Å². The fraction of sp³-hybridized carbons (Fsp3) is 0.0714. The lowest BCUT2D eigenvalue weighted by Crippen LogP contribution is -2.19. The fourth-order valence-corrected chi connectivity index (χ4v) is 1.96. The molecule has 0 unspecified atom stereocenters. The quantitative estimate of drug-likeness (QED) is 0.778. The molecule has 8 heteroatoms. The molecule has 1 amide bonds. The number of aromatic carboxylic acids is 2. The summed E-state index contributed by atoms with van der Waals surface area (Å²) in [6.07, 6.45) is 1.42. The number of hydrogen-bond acceptors (Lipinski definition) is 5. The Labute approximate surface area is 124 Å². The Morgan fingerprint density at radius 1 is 1.05 bits per heavy atom. The molecule has 2 rings (SSSR count). The zero-order chi connectivity index (χ0) is 16.3. The number of amides is 1. The predicted molar refractivity (Wildman–Crippen MR) is 75.1 cm³/mol. The summed E-state index contributed by atoms with van der Waals surface area (Å²) in [5, 5.41) is 27.9. The number of anilines is 1. The van der Waals surface area contributed by atoms with Crippen LogP contribution in [0.3, 0.4) is 0 Å². The monoisotopic (exact) mass is 301 g/mol. The van der Waals surface area contributed by atoms with E-state index in [9.17, 15) is 19.5 Å². The number of benzene rings is 1. The molecule has 0 spiro atoms. The minimum Gasteiger partial charge on any atom is -0.478 e. The average molecular weight is 301 g/mol. The Morgan fingerprint density at radius 3 is 2.27 bits per heavy atom. The first-order valence-electron chi connectivity index (χ1n) is 6.11. The van der Waals surface area contributed by atoms with Crippen molar-refractivity contribution in [2.24, 2.45) is 0 Å². The van der Waals surface area contributed by atoms with Crippen LogP contribution in [0, 0.1) is 6.92 Å². The van der Waals surface area contributed by atoms with Gasteiger partial charge in [0.15, 0.2) is 5.82 Å². The van der Waals surface area contributed by atoms with Gasteiger partial charge in [0, 0.05) is 6.20 Å². The third kappa shape index (κ3) is 2.90. The van der Waals surface area contributed by atoms with Crippen LogP contribution in [0.25, 0.3) is 0 Å². The fourth-order valence-electron chi connectivity index (χ4n) is 1.96. The first-order chi connectivity index (χ1) is 10.4. The number of nitrogens with zero attached hydrogens (tertiary/aromatic N) is 2. The molecule has 22 heavy (non-hydrogen) atoms. The van der Waals surface area contributed by atoms with Crippen molar-refractivity contribution in [1.82, 2.24) is 10.2 Å². The van der Waals surface area contributed by atoms with Crippen molar-refractivity contribution in [3.05, 3.63) is 52.7 Å². The smallest absolute Gasteiger partial charge is 0.336 e. The van der Waals surface area contributed by atoms with Crippen LogP contribution in [-0.2, 0) is 0 Å². The van der Waals surface area contributed by atoms with Gasteiger partial charge in [-0.1, -0.05) is 0 Å². The summed E-state index contributed by atoms with van der Waals surface area (Å²) in [6, 6.07) is 5.39. The first kappa shape index (κ1) is 15.1. The molecule has 8 nitrogen and oxygen atoms in total. The molecular formula is C14H11N3O5. The van der Waals surface area contributed by atoms with Gasteiger partial charge in [-0.15, -0.1) is 5.10 Å². The number of carbonyl (C=O) groups excluding carboxylic acids is 1. The van der Waals surface area contributed by atoms with Crippen molar-refractivity contribution in [1.29, 1.82) is 0 Å². The van der Waals surface area contributed by atoms with E-state index >= 15 is 0 Å². The topological polar surface area (TPSA) is 129 Å². The van der Waals surface area contributed by atoms with E-state index in [2.05, 4.69) is 15.5 Å². The molecule has 112 valence electrons. The van der Waals surface area contributed by atoms with E-state index in [1.165, 1.54) is 25.3 Å². The second kappa shape index (κ2) is 6.00. The summed E-state index contributed by atoms with van der Waals surface area (Å²) in [6.45, 7) is 1.34. The minimum absolute atomic E-state index is 0.00629. The molecular weight excluding hydrogens is 290 g/mol. The molecule has 1 heterocycles. The number of hydrogen-bond donors (Lipinski definition) is 3. The SMILES string of the molecule is Cc1c(C(=O)O)ccc(C(=O)Nc2cccnn2)c1C(=O)O. The zero-order valence-electron chi connectivity index (χ0n) is 11.4. The molecule has 2 aromatic rings. The Morgan fingerprint density at radius 2 is 1.73 bits per heavy atom. The molecule has 0 bridgehead atoms. The van der Waals surface area contributed by atoms with Gasteiger partial charge in [0.25, 0.3) is 5.91 Å². The van der Waals surface area contributed by atoms with E-state index in [1.54, 1.807) is 6.07 Å². The second-order valence-corrected chi connectivity index (χ2v) is 4.33. The van der Waals surface area contributed by atoms with Gasteiger partial charge in [0.2, 0.25) is 0 Å². The average Bonchev–Trinajstić information content (AvgIpc) is 2.47. The van der Waals surface area contributed by atoms with Crippen molar-refractivity contribution in [2.75, 3.05) is 5.32 Å². The predicted octanol–water partition coefficient (Wildman–Crippen LogP) is 1.43. The molecule has 0 radical (unpaired) electrons. The van der Waals surface area contributed by atoms with Gasteiger partial charge in [0.05, 0.1) is 16.7 Å². The Kier molecular flexibility index (Phi) is 4.12. The van der Waals surface area contributed by atoms with Gasteiger partial charge >= 0.3 is 11.9 Å². The summed E-state index contributed by atoms with van der Waals surface area (Å²) < 4.78 is 0. The van der Waals surface area contributed by atoms with Crippen molar-refractivity contribution < 1.29 is 24.6 Å². The van der Waals surface area contributed by atoms with Crippen LogP contribution < -0.4 is 5.32 Å². The molecule has 0 atom stereocenters. The summed E-state index contributed by atoms with van der Waals surface area (Å²) in [4.78, 5) is 34.6. The van der Waals surface area contributed by atoms with Crippen molar-refractivity contribution in [3.63, 3.8) is 0 Å². The second-order valence-electron chi connectivity index (χ2n) is 4.33. The van der Waals surface area contributed by atoms with Gasteiger partial charge in [-0.2, -0.15) is 5.10 Å². The van der Waals surface area contributed by atoms with Gasteiger partial charge < -0.3 is 15.5 Å². The number of carboxylic acids is 2. The first-order valence-corrected chi connectivity index (χ1v) is 6.11. The van der Waals surface area contributed by atoms with E-state index < -0.39 is 17.8 Å². The zero-order valence-corrected chi connectivity index (χ0v) is 11.4. The van der Waals surface area contributed by atoms with Crippen LogP contribution in [0.4, 0.5) is 5.82 Å². The lowest BCUT2D eigenvalue weighted by Gasteiger charge is -2.11. The third-order valence-electron chi connectivity index (χ3n) is 2.97. The highest BCUT2D eigenvalue weighted by molar-refractivity contribution is 6.12. The molecule has 0 fully saturated rings. The highest BCUT2D eigenvalue weighted by atomic mass is 16.4. The van der Waals surface area contributed by atoms with E-state index in [0.29, 0.717) is 0 Å². The standard InChI is InChI=1S/C14H11N3O5/c1-7-8(13(19)20)4-5-9(11(7)14(21)22)12(18)16-10-3-2-6-15-17-10/h2-6H,1H3,(H,19,20)(H,21,22)(H,16,17,18). The molecule has 1 aromatic heterocycles. The van der Waals surface area contributed by atoms with Gasteiger partial charge in [0.1, 0.15) is 0 Å². The summed E-state index contributed by atoms with van der Waals surface area (Å²) in [5.41, 5.74) is -0.679. The normalized spacial score (nSPS) is 10.0. The van der Waals surface area contributed by atoms with E-state index in [0.717, 1.165) is 6.07 Å². The van der Waals surface area contributed by atoms with Crippen molar-refractivity contribution >= 4 is 23.7 Å². The largest absolute Gasteiger partial charge is 0.478 e. The van der Waals surface area contributed by atoms with E-state index in [1.807, 2.05) is 0 Å². The van der Waals surface area contributed by atoms with Crippen LogP contribution in [0.2, 0.25) is 0 Å².